The number of hydrogen-bond acceptors (Lipinski definition) is 4. The van der Waals surface area contributed by atoms with Crippen molar-refractivity contribution in [3.8, 4) is 5.69 Å². The lowest BCUT2D eigenvalue weighted by Crippen LogP contribution is -2.24. The van der Waals surface area contributed by atoms with Crippen molar-refractivity contribution in [2.24, 2.45) is 5.92 Å². The van der Waals surface area contributed by atoms with Crippen LogP contribution in [0.5, 0.6) is 0 Å². The van der Waals surface area contributed by atoms with Crippen LogP contribution in [0, 0.1) is 12.8 Å². The highest BCUT2D eigenvalue weighted by Crippen LogP contribution is 2.31. The van der Waals surface area contributed by atoms with Crippen molar-refractivity contribution < 1.29 is 10.2 Å². The molecule has 0 spiro atoms. The predicted octanol–water partition coefficient (Wildman–Crippen LogP) is 1.49. The van der Waals surface area contributed by atoms with E-state index in [1.165, 1.54) is 0 Å². The monoisotopic (exact) mass is 287 g/mol. The van der Waals surface area contributed by atoms with E-state index in [0.717, 1.165) is 42.3 Å². The lowest BCUT2D eigenvalue weighted by molar-refractivity contribution is 0.238. The number of aliphatic hydroxyl groups excluding tert-OH is 2. The zero-order valence-electron chi connectivity index (χ0n) is 12.2. The molecule has 21 heavy (non-hydrogen) atoms. The molecule has 0 saturated carbocycles. The molecule has 5 heteroatoms. The summed E-state index contributed by atoms with van der Waals surface area (Å²) in [6.07, 6.45) is 0.973. The van der Waals surface area contributed by atoms with Crippen LogP contribution >= 0.6 is 0 Å². The fourth-order valence-corrected chi connectivity index (χ4v) is 2.98. The smallest absolute Gasteiger partial charge is 0.138 e. The van der Waals surface area contributed by atoms with E-state index in [2.05, 4.69) is 10.00 Å². The van der Waals surface area contributed by atoms with Gasteiger partial charge < -0.3 is 15.1 Å². The minimum absolute atomic E-state index is 0.0196. The molecule has 0 radical (unpaired) electrons. The van der Waals surface area contributed by atoms with Crippen LogP contribution in [0.1, 0.15) is 17.7 Å². The summed E-state index contributed by atoms with van der Waals surface area (Å²) < 4.78 is 1.90. The fraction of sp³-hybridized carbons (Fsp3) is 0.438. The maximum absolute atomic E-state index is 9.71. The van der Waals surface area contributed by atoms with Crippen molar-refractivity contribution in [3.05, 3.63) is 41.6 Å². The SMILES string of the molecule is Cc1nn(-c2ccccc2)c(N2CCC(CO)C2)c1CO. The second-order valence-corrected chi connectivity index (χ2v) is 5.58. The molecular weight excluding hydrogens is 266 g/mol. The maximum Gasteiger partial charge on any atom is 0.138 e. The highest BCUT2D eigenvalue weighted by Gasteiger charge is 2.28. The van der Waals surface area contributed by atoms with Gasteiger partial charge in [-0.3, -0.25) is 0 Å². The van der Waals surface area contributed by atoms with Crippen molar-refractivity contribution >= 4 is 5.82 Å². The van der Waals surface area contributed by atoms with Crippen molar-refractivity contribution in [1.82, 2.24) is 9.78 Å². The first-order valence-corrected chi connectivity index (χ1v) is 7.35. The quantitative estimate of drug-likeness (QED) is 0.894. The molecule has 112 valence electrons. The topological polar surface area (TPSA) is 61.5 Å². The van der Waals surface area contributed by atoms with Crippen molar-refractivity contribution in [2.75, 3.05) is 24.6 Å². The van der Waals surface area contributed by atoms with E-state index in [4.69, 9.17) is 0 Å². The molecule has 1 unspecified atom stereocenters. The Balaban J connectivity index is 2.05. The van der Waals surface area contributed by atoms with Gasteiger partial charge in [-0.1, -0.05) is 18.2 Å². The first-order valence-electron chi connectivity index (χ1n) is 7.35. The molecule has 3 rings (SSSR count). The Morgan fingerprint density at radius 3 is 2.62 bits per heavy atom. The number of aryl methyl sites for hydroxylation is 1. The Labute approximate surface area is 124 Å². The Hall–Kier alpha value is -1.85. The number of aromatic nitrogens is 2. The lowest BCUT2D eigenvalue weighted by atomic mass is 10.1. The zero-order valence-corrected chi connectivity index (χ0v) is 12.2. The van der Waals surface area contributed by atoms with E-state index in [0.29, 0.717) is 5.92 Å². The summed E-state index contributed by atoms with van der Waals surface area (Å²) in [4.78, 5) is 2.22. The fourth-order valence-electron chi connectivity index (χ4n) is 2.98. The minimum atomic E-state index is -0.0196. The van der Waals surface area contributed by atoms with Crippen LogP contribution in [0.15, 0.2) is 30.3 Å². The van der Waals surface area contributed by atoms with Gasteiger partial charge in [0, 0.05) is 31.2 Å². The Morgan fingerprint density at radius 2 is 2.00 bits per heavy atom. The normalized spacial score (nSPS) is 18.4. The van der Waals surface area contributed by atoms with Gasteiger partial charge in [-0.2, -0.15) is 5.10 Å². The molecule has 1 fully saturated rings. The van der Waals surface area contributed by atoms with E-state index < -0.39 is 0 Å². The Bertz CT molecular complexity index is 609. The average molecular weight is 287 g/mol. The third-order valence-electron chi connectivity index (χ3n) is 4.16. The van der Waals surface area contributed by atoms with Gasteiger partial charge in [0.05, 0.1) is 18.0 Å². The van der Waals surface area contributed by atoms with Crippen LogP contribution in [-0.2, 0) is 6.61 Å². The molecule has 1 aromatic carbocycles. The van der Waals surface area contributed by atoms with Crippen LogP contribution in [0.3, 0.4) is 0 Å². The largest absolute Gasteiger partial charge is 0.396 e. The van der Waals surface area contributed by atoms with Crippen molar-refractivity contribution in [1.29, 1.82) is 0 Å². The van der Waals surface area contributed by atoms with Crippen LogP contribution in [-0.4, -0.2) is 39.7 Å². The van der Waals surface area contributed by atoms with Gasteiger partial charge in [-0.15, -0.1) is 0 Å². The maximum atomic E-state index is 9.71. The number of aliphatic hydroxyl groups is 2. The number of hydrogen-bond donors (Lipinski definition) is 2. The van der Waals surface area contributed by atoms with Crippen LogP contribution in [0.25, 0.3) is 5.69 Å². The molecule has 1 saturated heterocycles. The van der Waals surface area contributed by atoms with Gasteiger partial charge in [0.25, 0.3) is 0 Å². The summed E-state index contributed by atoms with van der Waals surface area (Å²) in [5, 5.41) is 23.7. The molecule has 0 aliphatic carbocycles. The second kappa shape index (κ2) is 5.87. The minimum Gasteiger partial charge on any atom is -0.396 e. The number of nitrogens with zero attached hydrogens (tertiary/aromatic N) is 3. The molecule has 1 aliphatic rings. The molecular formula is C16H21N3O2. The van der Waals surface area contributed by atoms with E-state index in [9.17, 15) is 10.2 Å². The molecule has 0 amide bonds. The first kappa shape index (κ1) is 14.1. The van der Waals surface area contributed by atoms with E-state index in [-0.39, 0.29) is 13.2 Å². The third kappa shape index (κ3) is 2.54. The third-order valence-corrected chi connectivity index (χ3v) is 4.16. The summed E-state index contributed by atoms with van der Waals surface area (Å²) in [7, 11) is 0. The van der Waals surface area contributed by atoms with Gasteiger partial charge in [0.2, 0.25) is 0 Å². The Morgan fingerprint density at radius 1 is 1.24 bits per heavy atom. The summed E-state index contributed by atoms with van der Waals surface area (Å²) >= 11 is 0. The number of benzene rings is 1. The molecule has 2 N–H and O–H groups in total. The molecule has 1 atom stereocenters. The zero-order chi connectivity index (χ0) is 14.8. The number of anilines is 1. The van der Waals surface area contributed by atoms with Gasteiger partial charge in [-0.05, 0) is 25.5 Å². The number of rotatable bonds is 4. The van der Waals surface area contributed by atoms with Gasteiger partial charge in [-0.25, -0.2) is 4.68 Å². The Kier molecular flexibility index (Phi) is 3.94. The highest BCUT2D eigenvalue weighted by molar-refractivity contribution is 5.55. The van der Waals surface area contributed by atoms with Gasteiger partial charge in [0.15, 0.2) is 0 Å². The van der Waals surface area contributed by atoms with Crippen LogP contribution < -0.4 is 4.90 Å². The molecule has 2 aromatic rings. The van der Waals surface area contributed by atoms with E-state index >= 15 is 0 Å². The summed E-state index contributed by atoms with van der Waals surface area (Å²) in [5.41, 5.74) is 2.71. The summed E-state index contributed by atoms with van der Waals surface area (Å²) in [5.74, 6) is 1.26. The molecule has 1 aliphatic heterocycles. The first-order chi connectivity index (χ1) is 10.2. The predicted molar refractivity (Wildman–Crippen MR) is 81.6 cm³/mol. The lowest BCUT2D eigenvalue weighted by Gasteiger charge is -2.21. The summed E-state index contributed by atoms with van der Waals surface area (Å²) in [6.45, 7) is 3.81. The molecule has 5 nitrogen and oxygen atoms in total. The van der Waals surface area contributed by atoms with E-state index in [1.54, 1.807) is 0 Å². The summed E-state index contributed by atoms with van der Waals surface area (Å²) in [6, 6.07) is 9.96. The molecule has 1 aromatic heterocycles. The van der Waals surface area contributed by atoms with Crippen molar-refractivity contribution in [2.45, 2.75) is 20.0 Å². The van der Waals surface area contributed by atoms with Gasteiger partial charge >= 0.3 is 0 Å². The highest BCUT2D eigenvalue weighted by atomic mass is 16.3. The van der Waals surface area contributed by atoms with Crippen LogP contribution in [0.2, 0.25) is 0 Å². The van der Waals surface area contributed by atoms with E-state index in [1.807, 2.05) is 41.9 Å². The standard InChI is InChI=1S/C16H21N3O2/c1-12-15(11-21)16(18-8-7-13(9-18)10-20)19(17-12)14-5-3-2-4-6-14/h2-6,13,20-21H,7-11H2,1H3. The second-order valence-electron chi connectivity index (χ2n) is 5.58. The molecule has 0 bridgehead atoms. The number of para-hydroxylation sites is 1. The molecule has 2 heterocycles. The average Bonchev–Trinajstić information content (AvgIpc) is 3.11. The van der Waals surface area contributed by atoms with Crippen molar-refractivity contribution in [3.63, 3.8) is 0 Å². The van der Waals surface area contributed by atoms with Gasteiger partial charge in [0.1, 0.15) is 5.82 Å². The van der Waals surface area contributed by atoms with Crippen LogP contribution in [0.4, 0.5) is 5.82 Å².